The standard InChI is InChI=1S/C32H43BrF3N5O5/c1-6-21-17-23-25(26(24(21)33)44-20-32(34,35)36)37-28(45-22-7-11-39(12-8-22)15-16-43-5)38-27(23)40-13-9-31(10-14-40)18-41(19-31)29(42)46-30(2,3)4/h6,17,22H,1,7-16,18-20H2,2-5H3. The van der Waals surface area contributed by atoms with Crippen molar-refractivity contribution in [2.75, 3.05) is 71.0 Å². The fourth-order valence-electron chi connectivity index (χ4n) is 6.27. The molecule has 3 aliphatic rings. The third-order valence-electron chi connectivity index (χ3n) is 8.72. The number of ether oxygens (including phenoxy) is 4. The van der Waals surface area contributed by atoms with Crippen molar-refractivity contribution in [1.29, 1.82) is 0 Å². The number of halogens is 4. The summed E-state index contributed by atoms with van der Waals surface area (Å²) >= 11 is 3.43. The lowest BCUT2D eigenvalue weighted by molar-refractivity contribution is -0.153. The van der Waals surface area contributed by atoms with E-state index in [1.165, 1.54) is 0 Å². The highest BCUT2D eigenvalue weighted by molar-refractivity contribution is 9.10. The van der Waals surface area contributed by atoms with Crippen molar-refractivity contribution in [3.8, 4) is 11.8 Å². The topological polar surface area (TPSA) is 89.5 Å². The monoisotopic (exact) mass is 713 g/mol. The molecule has 0 atom stereocenters. The summed E-state index contributed by atoms with van der Waals surface area (Å²) < 4.78 is 62.7. The highest BCUT2D eigenvalue weighted by Gasteiger charge is 2.48. The second kappa shape index (κ2) is 13.7. The van der Waals surface area contributed by atoms with Crippen LogP contribution in [-0.2, 0) is 9.47 Å². The van der Waals surface area contributed by atoms with E-state index in [-0.39, 0.29) is 34.9 Å². The van der Waals surface area contributed by atoms with E-state index >= 15 is 0 Å². The number of aromatic nitrogens is 2. The maximum Gasteiger partial charge on any atom is 0.422 e. The van der Waals surface area contributed by atoms with Crippen molar-refractivity contribution in [3.63, 3.8) is 0 Å². The van der Waals surface area contributed by atoms with Crippen LogP contribution in [0.5, 0.6) is 11.8 Å². The molecular weight excluding hydrogens is 671 g/mol. The fraction of sp³-hybridized carbons (Fsp3) is 0.656. The van der Waals surface area contributed by atoms with Crippen LogP contribution >= 0.6 is 15.9 Å². The number of nitrogens with zero attached hydrogens (tertiary/aromatic N) is 5. The molecule has 14 heteroatoms. The molecule has 0 saturated carbocycles. The molecule has 46 heavy (non-hydrogen) atoms. The lowest BCUT2D eigenvalue weighted by atomic mass is 9.72. The summed E-state index contributed by atoms with van der Waals surface area (Å²) in [6.45, 7) is 13.6. The number of amides is 1. The first-order chi connectivity index (χ1) is 21.7. The predicted molar refractivity (Wildman–Crippen MR) is 173 cm³/mol. The van der Waals surface area contributed by atoms with E-state index in [0.29, 0.717) is 54.0 Å². The molecule has 0 radical (unpaired) electrons. The minimum Gasteiger partial charge on any atom is -0.481 e. The molecule has 0 aliphatic carbocycles. The van der Waals surface area contributed by atoms with E-state index in [1.54, 1.807) is 18.1 Å². The Kier molecular flexibility index (Phi) is 10.3. The van der Waals surface area contributed by atoms with Crippen LogP contribution in [0.15, 0.2) is 17.1 Å². The average molecular weight is 715 g/mol. The van der Waals surface area contributed by atoms with Crippen LogP contribution in [0.1, 0.15) is 52.0 Å². The largest absolute Gasteiger partial charge is 0.481 e. The maximum atomic E-state index is 13.3. The number of rotatable bonds is 9. The molecule has 4 heterocycles. The van der Waals surface area contributed by atoms with Crippen molar-refractivity contribution in [3.05, 3.63) is 22.7 Å². The summed E-state index contributed by atoms with van der Waals surface area (Å²) in [7, 11) is 1.68. The van der Waals surface area contributed by atoms with Crippen LogP contribution in [0.25, 0.3) is 17.0 Å². The van der Waals surface area contributed by atoms with E-state index in [9.17, 15) is 18.0 Å². The zero-order chi connectivity index (χ0) is 33.3. The highest BCUT2D eigenvalue weighted by Crippen LogP contribution is 2.45. The Hall–Kier alpha value is -2.84. The van der Waals surface area contributed by atoms with Gasteiger partial charge < -0.3 is 33.6 Å². The Morgan fingerprint density at radius 1 is 1.13 bits per heavy atom. The number of anilines is 1. The number of carbonyl (C=O) groups excluding carboxylic acids is 1. The Balaban J connectivity index is 1.41. The first-order valence-corrected chi connectivity index (χ1v) is 16.5. The Labute approximate surface area is 276 Å². The number of piperidine rings is 2. The number of methoxy groups -OCH3 is 1. The van der Waals surface area contributed by atoms with Gasteiger partial charge in [-0.15, -0.1) is 0 Å². The van der Waals surface area contributed by atoms with Gasteiger partial charge >= 0.3 is 18.3 Å². The van der Waals surface area contributed by atoms with Crippen LogP contribution in [0.3, 0.4) is 0 Å². The molecule has 0 bridgehead atoms. The van der Waals surface area contributed by atoms with Crippen LogP contribution in [0, 0.1) is 5.41 Å². The molecule has 3 saturated heterocycles. The number of alkyl halides is 3. The van der Waals surface area contributed by atoms with Crippen molar-refractivity contribution >= 4 is 44.8 Å². The molecule has 1 aromatic heterocycles. The summed E-state index contributed by atoms with van der Waals surface area (Å²) in [5, 5.41) is 0.553. The van der Waals surface area contributed by atoms with Gasteiger partial charge in [0.05, 0.1) is 11.1 Å². The van der Waals surface area contributed by atoms with Crippen molar-refractivity contribution in [2.45, 2.75) is 64.3 Å². The Morgan fingerprint density at radius 3 is 2.39 bits per heavy atom. The number of benzene rings is 1. The number of fused-ring (bicyclic) bond motifs is 1. The van der Waals surface area contributed by atoms with Gasteiger partial charge in [0.15, 0.2) is 12.4 Å². The van der Waals surface area contributed by atoms with Gasteiger partial charge in [-0.25, -0.2) is 4.79 Å². The third-order valence-corrected chi connectivity index (χ3v) is 9.54. The van der Waals surface area contributed by atoms with Crippen LogP contribution < -0.4 is 14.4 Å². The first kappa shape index (κ1) is 34.5. The quantitative estimate of drug-likeness (QED) is 0.297. The summed E-state index contributed by atoms with van der Waals surface area (Å²) in [4.78, 5) is 28.2. The third kappa shape index (κ3) is 8.17. The van der Waals surface area contributed by atoms with E-state index in [0.717, 1.165) is 45.3 Å². The smallest absolute Gasteiger partial charge is 0.422 e. The van der Waals surface area contributed by atoms with E-state index in [1.807, 2.05) is 26.8 Å². The van der Waals surface area contributed by atoms with Crippen molar-refractivity contribution in [1.82, 2.24) is 19.8 Å². The molecule has 5 rings (SSSR count). The number of hydrogen-bond donors (Lipinski definition) is 0. The highest BCUT2D eigenvalue weighted by atomic mass is 79.9. The summed E-state index contributed by atoms with van der Waals surface area (Å²) in [6, 6.07) is 1.92. The van der Waals surface area contributed by atoms with Gasteiger partial charge in [0.1, 0.15) is 23.0 Å². The minimum atomic E-state index is -4.54. The van der Waals surface area contributed by atoms with E-state index in [2.05, 4.69) is 37.3 Å². The van der Waals surface area contributed by atoms with E-state index in [4.69, 9.17) is 23.9 Å². The van der Waals surface area contributed by atoms with Gasteiger partial charge in [-0.1, -0.05) is 12.7 Å². The van der Waals surface area contributed by atoms with Gasteiger partial charge in [-0.3, -0.25) is 0 Å². The maximum absolute atomic E-state index is 13.3. The number of carbonyl (C=O) groups is 1. The summed E-state index contributed by atoms with van der Waals surface area (Å²) in [5.41, 5.74) is 0.231. The normalized spacial score (nSPS) is 19.3. The van der Waals surface area contributed by atoms with Gasteiger partial charge in [0.2, 0.25) is 0 Å². The summed E-state index contributed by atoms with van der Waals surface area (Å²) in [5.74, 6) is 0.538. The summed E-state index contributed by atoms with van der Waals surface area (Å²) in [6.07, 6.45) is -0.277. The molecule has 2 aromatic rings. The number of likely N-dealkylation sites (tertiary alicyclic amines) is 2. The molecule has 0 unspecified atom stereocenters. The molecule has 3 fully saturated rings. The van der Waals surface area contributed by atoms with Gasteiger partial charge in [0.25, 0.3) is 0 Å². The lowest BCUT2D eigenvalue weighted by Gasteiger charge is -2.53. The second-order valence-corrected chi connectivity index (χ2v) is 14.2. The molecule has 1 spiro atoms. The minimum absolute atomic E-state index is 0.0113. The second-order valence-electron chi connectivity index (χ2n) is 13.4. The lowest BCUT2D eigenvalue weighted by Crippen LogP contribution is -2.62. The van der Waals surface area contributed by atoms with Crippen molar-refractivity contribution in [2.24, 2.45) is 5.41 Å². The molecule has 10 nitrogen and oxygen atoms in total. The van der Waals surface area contributed by atoms with Crippen LogP contribution in [0.4, 0.5) is 23.8 Å². The average Bonchev–Trinajstić information content (AvgIpc) is 2.97. The zero-order valence-corrected chi connectivity index (χ0v) is 28.5. The first-order valence-electron chi connectivity index (χ1n) is 15.7. The molecule has 3 aliphatic heterocycles. The predicted octanol–water partition coefficient (Wildman–Crippen LogP) is 6.30. The Bertz CT molecular complexity index is 1410. The van der Waals surface area contributed by atoms with Gasteiger partial charge in [-0.2, -0.15) is 23.1 Å². The van der Waals surface area contributed by atoms with Crippen LogP contribution in [0.2, 0.25) is 0 Å². The molecule has 0 N–H and O–H groups in total. The zero-order valence-electron chi connectivity index (χ0n) is 26.9. The van der Waals surface area contributed by atoms with Gasteiger partial charge in [-0.05, 0) is 74.0 Å². The van der Waals surface area contributed by atoms with Gasteiger partial charge in [0, 0.05) is 63.7 Å². The van der Waals surface area contributed by atoms with Crippen LogP contribution in [-0.4, -0.2) is 110 Å². The molecular formula is C32H43BrF3N5O5. The van der Waals surface area contributed by atoms with E-state index < -0.39 is 18.4 Å². The molecule has 254 valence electrons. The SMILES string of the molecule is C=Cc1cc2c(N3CCC4(CC3)CN(C(=O)OC(C)(C)C)C4)nc(OC3CCN(CCOC)CC3)nc2c(OCC(F)(F)F)c1Br. The number of hydrogen-bond acceptors (Lipinski definition) is 9. The fourth-order valence-corrected chi connectivity index (χ4v) is 6.85. The molecule has 1 amide bonds. The van der Waals surface area contributed by atoms with Crippen molar-refractivity contribution < 1.29 is 36.9 Å². The molecule has 1 aromatic carbocycles. The Morgan fingerprint density at radius 2 is 1.80 bits per heavy atom.